The molecule has 2 atom stereocenters. The molecule has 3 aliphatic heterocycles. The number of benzene rings is 2. The van der Waals surface area contributed by atoms with Crippen molar-refractivity contribution >= 4 is 45.2 Å². The highest BCUT2D eigenvalue weighted by Gasteiger charge is 2.50. The van der Waals surface area contributed by atoms with Gasteiger partial charge in [-0.2, -0.15) is 9.97 Å². The van der Waals surface area contributed by atoms with E-state index in [-0.39, 0.29) is 65.3 Å². The third-order valence-electron chi connectivity index (χ3n) is 9.55. The number of carbonyl (C=O) groups excluding carboxylic acids is 1. The molecule has 3 fully saturated rings. The second-order valence-electron chi connectivity index (χ2n) is 14.5. The maximum atomic E-state index is 16.7. The van der Waals surface area contributed by atoms with Gasteiger partial charge in [0.2, 0.25) is 0 Å². The summed E-state index contributed by atoms with van der Waals surface area (Å²) in [5.74, 6) is -1.33. The fraction of sp³-hybridized carbons (Fsp3) is 0.486. The highest BCUT2D eigenvalue weighted by Crippen LogP contribution is 2.42. The number of rotatable bonds is 7. The summed E-state index contributed by atoms with van der Waals surface area (Å²) in [7, 11) is 1.60. The first-order valence-corrected chi connectivity index (χ1v) is 16.7. The number of nitrogens with zero attached hydrogens (tertiary/aromatic N) is 6. The van der Waals surface area contributed by atoms with E-state index in [0.29, 0.717) is 23.7 Å². The first kappa shape index (κ1) is 33.5. The molecule has 3 aliphatic rings. The van der Waals surface area contributed by atoms with E-state index < -0.39 is 40.7 Å². The Morgan fingerprint density at radius 2 is 1.94 bits per heavy atom. The molecule has 2 aromatic heterocycles. The Kier molecular flexibility index (Phi) is 8.29. The molecule has 0 spiro atoms. The van der Waals surface area contributed by atoms with Crippen LogP contribution in [-0.4, -0.2) is 100 Å². The van der Waals surface area contributed by atoms with E-state index in [9.17, 15) is 13.6 Å². The minimum atomic E-state index is -1.80. The summed E-state index contributed by atoms with van der Waals surface area (Å²) >= 11 is 6.37. The molecule has 4 aromatic rings. The predicted octanol–water partition coefficient (Wildman–Crippen LogP) is 7.13. The van der Waals surface area contributed by atoms with Gasteiger partial charge in [0.1, 0.15) is 41.2 Å². The van der Waals surface area contributed by atoms with Crippen LogP contribution in [-0.2, 0) is 4.74 Å². The van der Waals surface area contributed by atoms with Gasteiger partial charge in [-0.15, -0.1) is 0 Å². The number of hydrogen-bond donors (Lipinski definition) is 0. The van der Waals surface area contributed by atoms with Crippen LogP contribution in [0.25, 0.3) is 32.9 Å². The maximum Gasteiger partial charge on any atom is 0.410 e. The topological polar surface area (TPSA) is 83.9 Å². The lowest BCUT2D eigenvalue weighted by atomic mass is 9.95. The Morgan fingerprint density at radius 3 is 2.69 bits per heavy atom. The molecule has 0 radical (unpaired) electrons. The van der Waals surface area contributed by atoms with Gasteiger partial charge in [0.05, 0.1) is 35.6 Å². The molecule has 49 heavy (non-hydrogen) atoms. The Balaban J connectivity index is 1.26. The fourth-order valence-electron chi connectivity index (χ4n) is 7.41. The van der Waals surface area contributed by atoms with Crippen LogP contribution >= 0.6 is 11.6 Å². The van der Waals surface area contributed by atoms with E-state index in [4.69, 9.17) is 21.1 Å². The van der Waals surface area contributed by atoms with Gasteiger partial charge in [0, 0.05) is 37.2 Å². The number of ether oxygens (including phenoxy) is 2. The van der Waals surface area contributed by atoms with E-state index in [0.717, 1.165) is 19.4 Å². The quantitative estimate of drug-likeness (QED) is 0.189. The lowest BCUT2D eigenvalue weighted by Gasteiger charge is -2.46. The molecular formula is C35H37ClF4N6O3. The summed E-state index contributed by atoms with van der Waals surface area (Å²) in [6.07, 6.45) is 1.76. The number of likely N-dealkylation sites (tertiary alicyclic amines) is 1. The second kappa shape index (κ2) is 12.1. The average Bonchev–Trinajstić information content (AvgIpc) is 3.55. The summed E-state index contributed by atoms with van der Waals surface area (Å²) in [4.78, 5) is 30.8. The lowest BCUT2D eigenvalue weighted by Crippen LogP contribution is -2.65. The largest absolute Gasteiger partial charge is 0.461 e. The number of amides is 1. The molecule has 260 valence electrons. The number of carbonyl (C=O) groups is 1. The van der Waals surface area contributed by atoms with Crippen LogP contribution in [0.1, 0.15) is 40.0 Å². The molecule has 1 amide bonds. The number of hydrogen-bond acceptors (Lipinski definition) is 8. The Hall–Kier alpha value is -3.97. The molecule has 5 heterocycles. The molecule has 7 rings (SSSR count). The van der Waals surface area contributed by atoms with Crippen molar-refractivity contribution in [1.29, 1.82) is 0 Å². The van der Waals surface area contributed by atoms with Crippen molar-refractivity contribution < 1.29 is 31.8 Å². The zero-order valence-corrected chi connectivity index (χ0v) is 28.5. The van der Waals surface area contributed by atoms with Gasteiger partial charge >= 0.3 is 12.1 Å². The zero-order chi connectivity index (χ0) is 34.9. The van der Waals surface area contributed by atoms with Crippen molar-refractivity contribution in [1.82, 2.24) is 24.8 Å². The molecule has 0 bridgehead atoms. The first-order valence-electron chi connectivity index (χ1n) is 16.3. The zero-order valence-electron chi connectivity index (χ0n) is 27.7. The van der Waals surface area contributed by atoms with E-state index in [2.05, 4.69) is 19.9 Å². The Morgan fingerprint density at radius 1 is 1.16 bits per heavy atom. The summed E-state index contributed by atoms with van der Waals surface area (Å²) < 4.78 is 73.2. The van der Waals surface area contributed by atoms with Crippen molar-refractivity contribution in [2.45, 2.75) is 63.0 Å². The van der Waals surface area contributed by atoms with Crippen molar-refractivity contribution in [2.75, 3.05) is 51.3 Å². The summed E-state index contributed by atoms with van der Waals surface area (Å²) in [6.45, 7) is 5.79. The van der Waals surface area contributed by atoms with Gasteiger partial charge in [-0.1, -0.05) is 35.9 Å². The lowest BCUT2D eigenvalue weighted by molar-refractivity contribution is -0.0466. The average molecular weight is 701 g/mol. The number of halogens is 5. The molecule has 0 aliphatic carbocycles. The van der Waals surface area contributed by atoms with Crippen LogP contribution in [0, 0.1) is 11.6 Å². The standard InChI is InChI=1S/C35H37ClF4N6O3/c1-33(2,3)49-32(47)45-17-34(40,18-45)16-44(4)30-23-14-41-28(22-8-5-7-20-9-10-24(38)26(36)25(20)22)27(39)29(23)42-31(43-30)48-19-35-11-6-12-46(35)15-21(37)13-35/h5,7-10,14,21H,6,11-13,15-19H2,1-4H3/t21-,35+/m1/s1. The third-order valence-corrected chi connectivity index (χ3v) is 9.92. The van der Waals surface area contributed by atoms with Crippen LogP contribution in [0.3, 0.4) is 0 Å². The molecule has 3 saturated heterocycles. The highest BCUT2D eigenvalue weighted by molar-refractivity contribution is 6.36. The summed E-state index contributed by atoms with van der Waals surface area (Å²) in [5.41, 5.74) is -3.04. The van der Waals surface area contributed by atoms with Crippen molar-refractivity contribution in [3.05, 3.63) is 53.2 Å². The number of fused-ring (bicyclic) bond motifs is 3. The van der Waals surface area contributed by atoms with Gasteiger partial charge in [-0.05, 0) is 51.6 Å². The molecule has 0 unspecified atom stereocenters. The number of pyridine rings is 1. The Labute approximate surface area is 286 Å². The predicted molar refractivity (Wildman–Crippen MR) is 179 cm³/mol. The van der Waals surface area contributed by atoms with E-state index in [1.165, 1.54) is 22.1 Å². The molecule has 2 aromatic carbocycles. The third kappa shape index (κ3) is 6.20. The summed E-state index contributed by atoms with van der Waals surface area (Å²) in [5, 5.41) is 0.901. The van der Waals surface area contributed by atoms with E-state index in [1.807, 2.05) is 0 Å². The number of aromatic nitrogens is 3. The van der Waals surface area contributed by atoms with E-state index >= 15 is 8.78 Å². The van der Waals surface area contributed by atoms with Gasteiger partial charge in [-0.25, -0.2) is 22.4 Å². The minimum absolute atomic E-state index is 0.0950. The van der Waals surface area contributed by atoms with Crippen LogP contribution < -0.4 is 9.64 Å². The molecule has 9 nitrogen and oxygen atoms in total. The highest BCUT2D eigenvalue weighted by atomic mass is 35.5. The van der Waals surface area contributed by atoms with Crippen LogP contribution in [0.2, 0.25) is 5.02 Å². The first-order chi connectivity index (χ1) is 23.2. The minimum Gasteiger partial charge on any atom is -0.461 e. The van der Waals surface area contributed by atoms with Gasteiger partial charge in [0.15, 0.2) is 11.5 Å². The maximum absolute atomic E-state index is 16.7. The number of alkyl halides is 2. The fourth-order valence-corrected chi connectivity index (χ4v) is 7.69. The molecule has 0 N–H and O–H groups in total. The summed E-state index contributed by atoms with van der Waals surface area (Å²) in [6, 6.07) is 7.65. The molecular weight excluding hydrogens is 664 g/mol. The monoisotopic (exact) mass is 700 g/mol. The molecule has 14 heteroatoms. The van der Waals surface area contributed by atoms with E-state index in [1.54, 1.807) is 52.1 Å². The smallest absolute Gasteiger partial charge is 0.410 e. The van der Waals surface area contributed by atoms with Crippen molar-refractivity contribution in [2.24, 2.45) is 0 Å². The van der Waals surface area contributed by atoms with Crippen LogP contribution in [0.4, 0.5) is 28.2 Å². The SMILES string of the molecule is CN(CC1(F)CN(C(=O)OC(C)(C)C)C1)c1nc(OC[C@@]23CCCN2C[C@H](F)C3)nc2c(F)c(-c3cccc4ccc(F)c(Cl)c34)ncc12. The Bertz CT molecular complexity index is 1950. The van der Waals surface area contributed by atoms with Crippen LogP contribution in [0.5, 0.6) is 6.01 Å². The van der Waals surface area contributed by atoms with Gasteiger partial charge in [-0.3, -0.25) is 9.88 Å². The van der Waals surface area contributed by atoms with Crippen molar-refractivity contribution in [3.8, 4) is 17.3 Å². The van der Waals surface area contributed by atoms with Gasteiger partial charge < -0.3 is 19.3 Å². The van der Waals surface area contributed by atoms with Gasteiger partial charge in [0.25, 0.3) is 0 Å². The van der Waals surface area contributed by atoms with Crippen LogP contribution in [0.15, 0.2) is 36.5 Å². The molecule has 0 saturated carbocycles. The number of anilines is 1. The second-order valence-corrected chi connectivity index (χ2v) is 14.9. The van der Waals surface area contributed by atoms with Crippen molar-refractivity contribution in [3.63, 3.8) is 0 Å². The normalized spacial score (nSPS) is 22.0.